The van der Waals surface area contributed by atoms with Crippen molar-refractivity contribution < 1.29 is 33.2 Å². The predicted molar refractivity (Wildman–Crippen MR) is 89.0 cm³/mol. The van der Waals surface area contributed by atoms with E-state index in [1.807, 2.05) is 20.8 Å². The molecule has 7 nitrogen and oxygen atoms in total. The number of carbonyl (C=O) groups excluding carboxylic acids is 1. The fourth-order valence-corrected chi connectivity index (χ4v) is 1.80. The standard InChI is InChI=1S/C17H32O7/c1-11(2)17(18)20-10-9-19-13(5)22-15(7)24-16(8)23-14(6)21-12(3)4/h12-16H,1,9-10H2,2-8H3. The van der Waals surface area contributed by atoms with Crippen LogP contribution < -0.4 is 0 Å². The van der Waals surface area contributed by atoms with E-state index in [4.69, 9.17) is 28.4 Å². The summed E-state index contributed by atoms with van der Waals surface area (Å²) in [5.74, 6) is -0.437. The smallest absolute Gasteiger partial charge is 0.333 e. The second kappa shape index (κ2) is 12.4. The molecule has 7 heteroatoms. The first kappa shape index (κ1) is 23.0. The summed E-state index contributed by atoms with van der Waals surface area (Å²) in [6, 6.07) is 0. The second-order valence-corrected chi connectivity index (χ2v) is 5.65. The van der Waals surface area contributed by atoms with Gasteiger partial charge in [0.1, 0.15) is 6.61 Å². The average molecular weight is 348 g/mol. The molecule has 0 spiro atoms. The Morgan fingerprint density at radius 3 is 1.71 bits per heavy atom. The Morgan fingerprint density at radius 2 is 1.25 bits per heavy atom. The van der Waals surface area contributed by atoms with Gasteiger partial charge in [0.15, 0.2) is 25.2 Å². The third-order valence-corrected chi connectivity index (χ3v) is 2.63. The molecule has 4 atom stereocenters. The first-order chi connectivity index (χ1) is 11.1. The SMILES string of the molecule is C=C(C)C(=O)OCCOC(C)OC(C)OC(C)OC(C)OC(C)C. The molecule has 0 amide bonds. The van der Waals surface area contributed by atoms with Crippen LogP contribution >= 0.6 is 0 Å². The average Bonchev–Trinajstić information content (AvgIpc) is 2.41. The fraction of sp³-hybridized carbons (Fsp3) is 0.824. The highest BCUT2D eigenvalue weighted by atomic mass is 16.8. The van der Waals surface area contributed by atoms with Crippen molar-refractivity contribution in [3.05, 3.63) is 12.2 Å². The van der Waals surface area contributed by atoms with E-state index < -0.39 is 24.8 Å². The van der Waals surface area contributed by atoms with Crippen molar-refractivity contribution in [3.8, 4) is 0 Å². The Hall–Kier alpha value is -0.990. The van der Waals surface area contributed by atoms with Crippen molar-refractivity contribution in [2.24, 2.45) is 0 Å². The molecule has 0 aliphatic heterocycles. The van der Waals surface area contributed by atoms with Gasteiger partial charge in [-0.2, -0.15) is 0 Å². The van der Waals surface area contributed by atoms with Crippen LogP contribution in [0.25, 0.3) is 0 Å². The molecular weight excluding hydrogens is 316 g/mol. The Kier molecular flexibility index (Phi) is 11.9. The number of rotatable bonds is 13. The quantitative estimate of drug-likeness (QED) is 0.219. The van der Waals surface area contributed by atoms with Crippen LogP contribution in [0, 0.1) is 0 Å². The van der Waals surface area contributed by atoms with Crippen molar-refractivity contribution in [1.82, 2.24) is 0 Å². The Bertz CT molecular complexity index is 370. The summed E-state index contributed by atoms with van der Waals surface area (Å²) in [5.41, 5.74) is 0.353. The Morgan fingerprint density at radius 1 is 0.792 bits per heavy atom. The number of carbonyl (C=O) groups is 1. The maximum Gasteiger partial charge on any atom is 0.333 e. The van der Waals surface area contributed by atoms with E-state index in [1.54, 1.807) is 27.7 Å². The van der Waals surface area contributed by atoms with Crippen LogP contribution in [0.15, 0.2) is 12.2 Å². The summed E-state index contributed by atoms with van der Waals surface area (Å²) in [6.07, 6.45) is -1.83. The maximum atomic E-state index is 11.2. The van der Waals surface area contributed by atoms with Crippen molar-refractivity contribution in [3.63, 3.8) is 0 Å². The number of esters is 1. The topological polar surface area (TPSA) is 72.5 Å². The molecule has 0 aromatic rings. The van der Waals surface area contributed by atoms with Gasteiger partial charge in [-0.15, -0.1) is 0 Å². The van der Waals surface area contributed by atoms with E-state index in [9.17, 15) is 4.79 Å². The zero-order valence-electron chi connectivity index (χ0n) is 15.9. The second-order valence-electron chi connectivity index (χ2n) is 5.65. The summed E-state index contributed by atoms with van der Waals surface area (Å²) in [4.78, 5) is 11.2. The molecule has 0 aromatic heterocycles. The molecule has 0 heterocycles. The van der Waals surface area contributed by atoms with Gasteiger partial charge in [-0.25, -0.2) is 4.79 Å². The minimum absolute atomic E-state index is 0.0771. The van der Waals surface area contributed by atoms with Gasteiger partial charge in [0.25, 0.3) is 0 Å². The maximum absolute atomic E-state index is 11.2. The summed E-state index contributed by atoms with van der Waals surface area (Å²) in [5, 5.41) is 0. The molecule has 0 N–H and O–H groups in total. The highest BCUT2D eigenvalue weighted by Crippen LogP contribution is 2.09. The Balaban J connectivity index is 3.86. The molecule has 0 radical (unpaired) electrons. The molecule has 0 saturated heterocycles. The molecule has 0 saturated carbocycles. The van der Waals surface area contributed by atoms with Crippen molar-refractivity contribution in [2.75, 3.05) is 13.2 Å². The first-order valence-electron chi connectivity index (χ1n) is 8.17. The van der Waals surface area contributed by atoms with Gasteiger partial charge in [0.2, 0.25) is 0 Å². The number of hydrogen-bond donors (Lipinski definition) is 0. The van der Waals surface area contributed by atoms with Crippen LogP contribution in [-0.2, 0) is 33.2 Å². The molecular formula is C17H32O7. The largest absolute Gasteiger partial charge is 0.460 e. The lowest BCUT2D eigenvalue weighted by molar-refractivity contribution is -0.309. The van der Waals surface area contributed by atoms with E-state index in [0.717, 1.165) is 0 Å². The van der Waals surface area contributed by atoms with Crippen LogP contribution in [0.1, 0.15) is 48.5 Å². The summed E-state index contributed by atoms with van der Waals surface area (Å²) >= 11 is 0. The summed E-state index contributed by atoms with van der Waals surface area (Å²) in [7, 11) is 0. The van der Waals surface area contributed by atoms with Gasteiger partial charge in [0.05, 0.1) is 12.7 Å². The van der Waals surface area contributed by atoms with E-state index in [0.29, 0.717) is 5.57 Å². The monoisotopic (exact) mass is 348 g/mol. The third-order valence-electron chi connectivity index (χ3n) is 2.63. The molecule has 0 rings (SSSR count). The van der Waals surface area contributed by atoms with Crippen LogP contribution in [-0.4, -0.2) is 50.4 Å². The van der Waals surface area contributed by atoms with Crippen LogP contribution in [0.4, 0.5) is 0 Å². The van der Waals surface area contributed by atoms with Gasteiger partial charge in [-0.1, -0.05) is 6.58 Å². The molecule has 0 fully saturated rings. The molecule has 0 aromatic carbocycles. The third kappa shape index (κ3) is 12.4. The number of ether oxygens (including phenoxy) is 6. The highest BCUT2D eigenvalue weighted by Gasteiger charge is 2.16. The fourth-order valence-electron chi connectivity index (χ4n) is 1.80. The van der Waals surface area contributed by atoms with E-state index in [-0.39, 0.29) is 25.6 Å². The molecule has 0 bridgehead atoms. The van der Waals surface area contributed by atoms with E-state index >= 15 is 0 Å². The normalized spacial score (nSPS) is 16.5. The zero-order valence-corrected chi connectivity index (χ0v) is 15.9. The lowest BCUT2D eigenvalue weighted by atomic mass is 10.4. The highest BCUT2D eigenvalue weighted by molar-refractivity contribution is 5.86. The van der Waals surface area contributed by atoms with Gasteiger partial charge >= 0.3 is 5.97 Å². The molecule has 0 aliphatic carbocycles. The predicted octanol–water partition coefficient (Wildman–Crippen LogP) is 2.98. The van der Waals surface area contributed by atoms with Gasteiger partial charge < -0.3 is 28.4 Å². The van der Waals surface area contributed by atoms with Crippen molar-refractivity contribution in [1.29, 1.82) is 0 Å². The minimum atomic E-state index is -0.529. The van der Waals surface area contributed by atoms with Crippen LogP contribution in [0.5, 0.6) is 0 Å². The van der Waals surface area contributed by atoms with E-state index in [1.165, 1.54) is 0 Å². The molecule has 142 valence electrons. The van der Waals surface area contributed by atoms with Gasteiger partial charge in [-0.3, -0.25) is 0 Å². The lowest BCUT2D eigenvalue weighted by Crippen LogP contribution is -2.30. The van der Waals surface area contributed by atoms with Crippen LogP contribution in [0.2, 0.25) is 0 Å². The van der Waals surface area contributed by atoms with Crippen molar-refractivity contribution in [2.45, 2.75) is 79.7 Å². The summed E-state index contributed by atoms with van der Waals surface area (Å²) in [6.45, 7) is 16.4. The molecule has 4 unspecified atom stereocenters. The van der Waals surface area contributed by atoms with E-state index in [2.05, 4.69) is 6.58 Å². The first-order valence-corrected chi connectivity index (χ1v) is 8.17. The van der Waals surface area contributed by atoms with Gasteiger partial charge in [0, 0.05) is 5.57 Å². The zero-order chi connectivity index (χ0) is 18.7. The number of hydrogen-bond acceptors (Lipinski definition) is 7. The lowest BCUT2D eigenvalue weighted by Gasteiger charge is -2.25. The molecule has 24 heavy (non-hydrogen) atoms. The van der Waals surface area contributed by atoms with Gasteiger partial charge in [-0.05, 0) is 48.5 Å². The minimum Gasteiger partial charge on any atom is -0.460 e. The summed E-state index contributed by atoms with van der Waals surface area (Å²) < 4.78 is 32.4. The van der Waals surface area contributed by atoms with Crippen LogP contribution in [0.3, 0.4) is 0 Å². The Labute approximate surface area is 145 Å². The molecule has 0 aliphatic rings. The van der Waals surface area contributed by atoms with Crippen molar-refractivity contribution >= 4 is 5.97 Å².